The summed E-state index contributed by atoms with van der Waals surface area (Å²) in [4.78, 5) is 11.0. The van der Waals surface area contributed by atoms with E-state index in [4.69, 9.17) is 16.0 Å². The molecule has 18 heavy (non-hydrogen) atoms. The highest BCUT2D eigenvalue weighted by molar-refractivity contribution is 6.73. The van der Waals surface area contributed by atoms with Crippen molar-refractivity contribution in [2.24, 2.45) is 5.92 Å². The van der Waals surface area contributed by atoms with Crippen molar-refractivity contribution in [3.05, 3.63) is 0 Å². The molecule has 0 unspecified atom stereocenters. The quantitative estimate of drug-likeness (QED) is 0.240. The van der Waals surface area contributed by atoms with Crippen LogP contribution in [0.15, 0.2) is 0 Å². The van der Waals surface area contributed by atoms with Crippen LogP contribution in [0.2, 0.25) is 18.1 Å². The molecule has 2 atom stereocenters. The molecule has 0 fully saturated rings. The minimum Gasteiger partial charge on any atom is -0.413 e. The van der Waals surface area contributed by atoms with Crippen molar-refractivity contribution in [2.45, 2.75) is 71.2 Å². The van der Waals surface area contributed by atoms with Gasteiger partial charge in [-0.05, 0) is 37.4 Å². The topological polar surface area (TPSA) is 26.3 Å². The predicted octanol–water partition coefficient (Wildman–Crippen LogP) is 4.62. The van der Waals surface area contributed by atoms with E-state index < -0.39 is 8.32 Å². The minimum absolute atomic E-state index is 0.00292. The smallest absolute Gasteiger partial charge is 0.192 e. The maximum atomic E-state index is 11.0. The molecular formula is C14H29ClO2Si. The van der Waals surface area contributed by atoms with Crippen LogP contribution in [0.25, 0.3) is 0 Å². The second-order valence-corrected chi connectivity index (χ2v) is 10.2. The molecule has 0 aliphatic carbocycles. The third kappa shape index (κ3) is 5.85. The zero-order valence-electron chi connectivity index (χ0n) is 12.4. The van der Waals surface area contributed by atoms with Gasteiger partial charge in [-0.25, -0.2) is 0 Å². The first-order valence-corrected chi connectivity index (χ1v) is 10.3. The number of alkyl halides is 1. The van der Waals surface area contributed by atoms with E-state index in [2.05, 4.69) is 20.8 Å². The summed E-state index contributed by atoms with van der Waals surface area (Å²) in [5.74, 6) is 0.692. The first kappa shape index (κ1) is 18.1. The lowest BCUT2D eigenvalue weighted by atomic mass is 10.0. The van der Waals surface area contributed by atoms with Gasteiger partial charge in [-0.3, -0.25) is 0 Å². The highest BCUT2D eigenvalue weighted by atomic mass is 35.5. The Morgan fingerprint density at radius 3 is 2.11 bits per heavy atom. The van der Waals surface area contributed by atoms with Crippen LogP contribution in [0.5, 0.6) is 0 Å². The number of rotatable bonds is 11. The summed E-state index contributed by atoms with van der Waals surface area (Å²) in [7, 11) is -1.61. The minimum atomic E-state index is -1.61. The Hall–Kier alpha value is 0.137. The monoisotopic (exact) mass is 292 g/mol. The average Bonchev–Trinajstić information content (AvgIpc) is 2.42. The summed E-state index contributed by atoms with van der Waals surface area (Å²) in [6, 6.07) is 3.41. The molecule has 0 spiro atoms. The van der Waals surface area contributed by atoms with Crippen LogP contribution >= 0.6 is 11.6 Å². The van der Waals surface area contributed by atoms with Gasteiger partial charge in [-0.1, -0.05) is 27.7 Å². The number of unbranched alkanes of at least 4 members (excludes halogenated alkanes) is 1. The lowest BCUT2D eigenvalue weighted by Gasteiger charge is -2.34. The SMILES string of the molecule is CC[Si](CC)(CC)O[C@H](CCCCCl)[C@H](C)C=O. The van der Waals surface area contributed by atoms with E-state index in [1.165, 1.54) is 0 Å². The van der Waals surface area contributed by atoms with E-state index in [0.717, 1.165) is 43.7 Å². The number of halogens is 1. The van der Waals surface area contributed by atoms with Crippen molar-refractivity contribution in [1.82, 2.24) is 0 Å². The molecule has 108 valence electrons. The molecule has 0 amide bonds. The maximum Gasteiger partial charge on any atom is 0.192 e. The Balaban J connectivity index is 4.59. The van der Waals surface area contributed by atoms with Gasteiger partial charge in [0.1, 0.15) is 6.29 Å². The Bertz CT molecular complexity index is 212. The third-order valence-corrected chi connectivity index (χ3v) is 8.94. The van der Waals surface area contributed by atoms with Crippen LogP contribution in [0, 0.1) is 5.92 Å². The number of aldehydes is 1. The van der Waals surface area contributed by atoms with Gasteiger partial charge >= 0.3 is 0 Å². The highest BCUT2D eigenvalue weighted by Crippen LogP contribution is 2.27. The van der Waals surface area contributed by atoms with Crippen molar-refractivity contribution in [3.63, 3.8) is 0 Å². The fourth-order valence-corrected chi connectivity index (χ4v) is 5.44. The summed E-state index contributed by atoms with van der Waals surface area (Å²) in [5.41, 5.74) is 0. The van der Waals surface area contributed by atoms with Crippen molar-refractivity contribution in [3.8, 4) is 0 Å². The Labute approximate surface area is 119 Å². The Morgan fingerprint density at radius 2 is 1.72 bits per heavy atom. The molecule has 4 heteroatoms. The molecule has 0 heterocycles. The molecule has 0 N–H and O–H groups in total. The fourth-order valence-electron chi connectivity index (χ4n) is 2.28. The molecule has 0 rings (SSSR count). The summed E-state index contributed by atoms with van der Waals surface area (Å²) < 4.78 is 6.45. The molecule has 0 saturated heterocycles. The van der Waals surface area contributed by atoms with Gasteiger partial charge in [0.25, 0.3) is 0 Å². The molecule has 0 saturated carbocycles. The van der Waals surface area contributed by atoms with Gasteiger partial charge in [0.15, 0.2) is 8.32 Å². The first-order chi connectivity index (χ1) is 8.59. The van der Waals surface area contributed by atoms with Crippen molar-refractivity contribution in [2.75, 3.05) is 5.88 Å². The largest absolute Gasteiger partial charge is 0.413 e. The zero-order valence-corrected chi connectivity index (χ0v) is 14.1. The molecule has 0 radical (unpaired) electrons. The van der Waals surface area contributed by atoms with E-state index in [1.807, 2.05) is 6.92 Å². The van der Waals surface area contributed by atoms with Crippen molar-refractivity contribution in [1.29, 1.82) is 0 Å². The molecule has 0 aromatic carbocycles. The average molecular weight is 293 g/mol. The number of hydrogen-bond acceptors (Lipinski definition) is 2. The number of carbonyl (C=O) groups excluding carboxylic acids is 1. The molecule has 0 aromatic heterocycles. The molecule has 0 aliphatic rings. The van der Waals surface area contributed by atoms with Gasteiger partial charge in [0.2, 0.25) is 0 Å². The lowest BCUT2D eigenvalue weighted by Crippen LogP contribution is -2.42. The lowest BCUT2D eigenvalue weighted by molar-refractivity contribution is -0.113. The normalized spacial score (nSPS) is 15.4. The second-order valence-electron chi connectivity index (χ2n) is 5.08. The van der Waals surface area contributed by atoms with Crippen LogP contribution in [0.3, 0.4) is 0 Å². The molecule has 0 aliphatic heterocycles. The van der Waals surface area contributed by atoms with Crippen LogP contribution in [0.4, 0.5) is 0 Å². The maximum absolute atomic E-state index is 11.0. The van der Waals surface area contributed by atoms with E-state index in [1.54, 1.807) is 0 Å². The van der Waals surface area contributed by atoms with Crippen molar-refractivity contribution >= 4 is 26.2 Å². The van der Waals surface area contributed by atoms with Gasteiger partial charge in [0, 0.05) is 11.8 Å². The Morgan fingerprint density at radius 1 is 1.17 bits per heavy atom. The molecule has 2 nitrogen and oxygen atoms in total. The van der Waals surface area contributed by atoms with E-state index >= 15 is 0 Å². The molecule has 0 aromatic rings. The van der Waals surface area contributed by atoms with Gasteiger partial charge in [-0.2, -0.15) is 0 Å². The van der Waals surface area contributed by atoms with Crippen LogP contribution in [0.1, 0.15) is 47.0 Å². The summed E-state index contributed by atoms with van der Waals surface area (Å²) in [6.45, 7) is 8.64. The standard InChI is InChI=1S/C14H29ClO2Si/c1-5-18(6-2,7-3)17-14(13(4)12-16)10-8-9-11-15/h12-14H,5-11H2,1-4H3/t13-,14-/m1/s1. The third-order valence-electron chi connectivity index (χ3n) is 4.01. The molecular weight excluding hydrogens is 264 g/mol. The van der Waals surface area contributed by atoms with E-state index in [9.17, 15) is 4.79 Å². The summed E-state index contributed by atoms with van der Waals surface area (Å²) >= 11 is 5.71. The summed E-state index contributed by atoms with van der Waals surface area (Å²) in [6.07, 6.45) is 4.14. The highest BCUT2D eigenvalue weighted by Gasteiger charge is 2.33. The van der Waals surface area contributed by atoms with Crippen LogP contribution in [-0.2, 0) is 9.22 Å². The predicted molar refractivity (Wildman–Crippen MR) is 81.9 cm³/mol. The first-order valence-electron chi connectivity index (χ1n) is 7.28. The Kier molecular flexibility index (Phi) is 10.1. The zero-order chi connectivity index (χ0) is 14.0. The summed E-state index contributed by atoms with van der Waals surface area (Å²) in [5, 5.41) is 0. The van der Waals surface area contributed by atoms with E-state index in [0.29, 0.717) is 5.88 Å². The van der Waals surface area contributed by atoms with Crippen LogP contribution < -0.4 is 0 Å². The van der Waals surface area contributed by atoms with Gasteiger partial charge < -0.3 is 9.22 Å². The number of carbonyl (C=O) groups is 1. The fraction of sp³-hybridized carbons (Fsp3) is 0.929. The van der Waals surface area contributed by atoms with E-state index in [-0.39, 0.29) is 12.0 Å². The van der Waals surface area contributed by atoms with Crippen LogP contribution in [-0.4, -0.2) is 26.6 Å². The number of hydrogen-bond donors (Lipinski definition) is 0. The van der Waals surface area contributed by atoms with Crippen molar-refractivity contribution < 1.29 is 9.22 Å². The second kappa shape index (κ2) is 9.99. The van der Waals surface area contributed by atoms with Gasteiger partial charge in [0.05, 0.1) is 6.10 Å². The van der Waals surface area contributed by atoms with Gasteiger partial charge in [-0.15, -0.1) is 11.6 Å². The molecule has 0 bridgehead atoms.